The Labute approximate surface area is 104 Å². The highest BCUT2D eigenvalue weighted by molar-refractivity contribution is 5.96. The predicted octanol–water partition coefficient (Wildman–Crippen LogP) is 0.767. The van der Waals surface area contributed by atoms with E-state index in [1.807, 2.05) is 0 Å². The number of hydrogen-bond acceptors (Lipinski definition) is 5. The molecule has 0 unspecified atom stereocenters. The summed E-state index contributed by atoms with van der Waals surface area (Å²) in [5.74, 6) is -1.22. The fourth-order valence-electron chi connectivity index (χ4n) is 1.22. The Bertz CT molecular complexity index is 480. The van der Waals surface area contributed by atoms with Crippen molar-refractivity contribution in [2.45, 2.75) is 0 Å². The van der Waals surface area contributed by atoms with Crippen LogP contribution < -0.4 is 16.2 Å². The molecule has 0 aliphatic carbocycles. The van der Waals surface area contributed by atoms with E-state index in [-0.39, 0.29) is 11.3 Å². The van der Waals surface area contributed by atoms with Crippen LogP contribution in [0.15, 0.2) is 53.8 Å². The molecule has 0 radical (unpaired) electrons. The molecule has 1 aromatic carbocycles. The van der Waals surface area contributed by atoms with Gasteiger partial charge in [-0.25, -0.2) is 0 Å². The van der Waals surface area contributed by atoms with E-state index >= 15 is 0 Å². The van der Waals surface area contributed by atoms with E-state index in [1.54, 1.807) is 30.3 Å². The van der Waals surface area contributed by atoms with Crippen molar-refractivity contribution < 1.29 is 19.4 Å². The summed E-state index contributed by atoms with van der Waals surface area (Å²) in [6.45, 7) is 0. The van der Waals surface area contributed by atoms with Crippen molar-refractivity contribution >= 4 is 5.91 Å². The van der Waals surface area contributed by atoms with E-state index in [9.17, 15) is 9.90 Å². The minimum atomic E-state index is -0.915. The number of amides is 1. The van der Waals surface area contributed by atoms with Gasteiger partial charge in [0.25, 0.3) is 11.9 Å². The van der Waals surface area contributed by atoms with E-state index in [0.717, 1.165) is 6.20 Å². The maximum atomic E-state index is 11.2. The molecule has 0 fully saturated rings. The van der Waals surface area contributed by atoms with Crippen molar-refractivity contribution in [2.75, 3.05) is 7.11 Å². The van der Waals surface area contributed by atoms with Gasteiger partial charge in [-0.3, -0.25) is 4.79 Å². The van der Waals surface area contributed by atoms with Crippen molar-refractivity contribution in [1.82, 2.24) is 0 Å². The number of nitrogens with two attached hydrogens (primary N) is 2. The number of methoxy groups -OCH3 is 1. The van der Waals surface area contributed by atoms with Crippen LogP contribution in [-0.4, -0.2) is 18.1 Å². The zero-order valence-corrected chi connectivity index (χ0v) is 9.79. The number of aliphatic hydroxyl groups excluding tert-OH is 1. The van der Waals surface area contributed by atoms with Crippen molar-refractivity contribution in [3.05, 3.63) is 53.8 Å². The molecule has 96 valence electrons. The number of benzene rings is 1. The van der Waals surface area contributed by atoms with Gasteiger partial charge in [0.15, 0.2) is 11.3 Å². The Morgan fingerprint density at radius 3 is 2.39 bits per heavy atom. The van der Waals surface area contributed by atoms with Crippen LogP contribution in [0.3, 0.4) is 0 Å². The van der Waals surface area contributed by atoms with Crippen LogP contribution in [-0.2, 0) is 9.53 Å². The molecule has 1 amide bonds. The molecule has 18 heavy (non-hydrogen) atoms. The van der Waals surface area contributed by atoms with E-state index < -0.39 is 11.9 Å². The molecule has 0 saturated heterocycles. The fourth-order valence-corrected chi connectivity index (χ4v) is 1.22. The molecule has 0 bridgehead atoms. The zero-order chi connectivity index (χ0) is 13.5. The summed E-state index contributed by atoms with van der Waals surface area (Å²) in [7, 11) is 1.19. The summed E-state index contributed by atoms with van der Waals surface area (Å²) in [4.78, 5) is 11.2. The quantitative estimate of drug-likeness (QED) is 0.406. The third-order valence-corrected chi connectivity index (χ3v) is 2.02. The summed E-state index contributed by atoms with van der Waals surface area (Å²) < 4.78 is 9.90. The predicted molar refractivity (Wildman–Crippen MR) is 65.2 cm³/mol. The summed E-state index contributed by atoms with van der Waals surface area (Å²) in [5.41, 5.74) is 10.2. The molecule has 0 aliphatic rings. The Hall–Kier alpha value is -2.63. The molecule has 0 saturated carbocycles. The lowest BCUT2D eigenvalue weighted by molar-refractivity contribution is -0.115. The van der Waals surface area contributed by atoms with Crippen LogP contribution in [0, 0.1) is 0 Å². The summed E-state index contributed by atoms with van der Waals surface area (Å²) in [6, 6.07) is 8.61. The highest BCUT2D eigenvalue weighted by Gasteiger charge is 2.20. The van der Waals surface area contributed by atoms with Crippen molar-refractivity contribution in [2.24, 2.45) is 11.5 Å². The molecule has 0 spiro atoms. The van der Waals surface area contributed by atoms with Gasteiger partial charge in [-0.1, -0.05) is 18.2 Å². The van der Waals surface area contributed by atoms with Gasteiger partial charge in [0.05, 0.1) is 7.11 Å². The molecule has 5 N–H and O–H groups in total. The lowest BCUT2D eigenvalue weighted by Gasteiger charge is -2.11. The van der Waals surface area contributed by atoms with Gasteiger partial charge >= 0.3 is 0 Å². The summed E-state index contributed by atoms with van der Waals surface area (Å²) in [5, 5.41) is 9.45. The summed E-state index contributed by atoms with van der Waals surface area (Å²) in [6.07, 6.45) is 1.02. The number of hydrogen-bond donors (Lipinski definition) is 3. The van der Waals surface area contributed by atoms with E-state index in [2.05, 4.69) is 4.74 Å². The first-order chi connectivity index (χ1) is 8.60. The van der Waals surface area contributed by atoms with Gasteiger partial charge < -0.3 is 26.0 Å². The number of rotatable bonds is 5. The fraction of sp³-hybridized carbons (Fsp3) is 0.0833. The number of primary amides is 1. The lowest BCUT2D eigenvalue weighted by Crippen LogP contribution is -2.21. The maximum Gasteiger partial charge on any atom is 0.293 e. The van der Waals surface area contributed by atoms with Gasteiger partial charge in [0.2, 0.25) is 0 Å². The molecular formula is C12H14N2O4. The average molecular weight is 250 g/mol. The van der Waals surface area contributed by atoms with Crippen molar-refractivity contribution in [3.63, 3.8) is 0 Å². The molecule has 1 aromatic rings. The third-order valence-electron chi connectivity index (χ3n) is 2.02. The molecule has 0 aromatic heterocycles. The van der Waals surface area contributed by atoms with Crippen molar-refractivity contribution in [3.8, 4) is 5.75 Å². The average Bonchev–Trinajstić information content (AvgIpc) is 2.38. The second-order valence-corrected chi connectivity index (χ2v) is 3.19. The number of para-hydroxylation sites is 1. The molecule has 0 atom stereocenters. The van der Waals surface area contributed by atoms with E-state index in [0.29, 0.717) is 5.75 Å². The molecule has 0 aliphatic heterocycles. The normalized spacial score (nSPS) is 12.6. The second kappa shape index (κ2) is 6.19. The van der Waals surface area contributed by atoms with Crippen LogP contribution in [0.2, 0.25) is 0 Å². The van der Waals surface area contributed by atoms with Crippen LogP contribution in [0.1, 0.15) is 0 Å². The topological polar surface area (TPSA) is 108 Å². The molecular weight excluding hydrogens is 236 g/mol. The highest BCUT2D eigenvalue weighted by atomic mass is 16.6. The van der Waals surface area contributed by atoms with Gasteiger partial charge in [0, 0.05) is 6.20 Å². The number of ether oxygens (including phenoxy) is 2. The van der Waals surface area contributed by atoms with E-state index in [4.69, 9.17) is 16.2 Å². The Morgan fingerprint density at radius 2 is 1.94 bits per heavy atom. The van der Waals surface area contributed by atoms with Gasteiger partial charge in [-0.2, -0.15) is 0 Å². The second-order valence-electron chi connectivity index (χ2n) is 3.19. The third kappa shape index (κ3) is 3.18. The zero-order valence-electron chi connectivity index (χ0n) is 9.79. The van der Waals surface area contributed by atoms with Crippen LogP contribution in [0.4, 0.5) is 0 Å². The molecule has 6 nitrogen and oxygen atoms in total. The largest absolute Gasteiger partial charge is 0.480 e. The van der Waals surface area contributed by atoms with Crippen LogP contribution in [0.25, 0.3) is 0 Å². The lowest BCUT2D eigenvalue weighted by atomic mass is 10.2. The minimum absolute atomic E-state index is 0.0898. The van der Waals surface area contributed by atoms with Crippen molar-refractivity contribution in [1.29, 1.82) is 0 Å². The first-order valence-corrected chi connectivity index (χ1v) is 5.02. The van der Waals surface area contributed by atoms with Crippen LogP contribution >= 0.6 is 0 Å². The first kappa shape index (κ1) is 13.4. The first-order valence-electron chi connectivity index (χ1n) is 5.02. The summed E-state index contributed by atoms with van der Waals surface area (Å²) >= 11 is 0. The van der Waals surface area contributed by atoms with Gasteiger partial charge in [0.1, 0.15) is 5.75 Å². The Kier molecular flexibility index (Phi) is 4.62. The molecule has 0 heterocycles. The van der Waals surface area contributed by atoms with Crippen LogP contribution in [0.5, 0.6) is 5.75 Å². The minimum Gasteiger partial charge on any atom is -0.480 e. The smallest absolute Gasteiger partial charge is 0.293 e. The Balaban J connectivity index is 3.07. The molecule has 1 rings (SSSR count). The number of aliphatic hydroxyl groups is 1. The monoisotopic (exact) mass is 250 g/mol. The van der Waals surface area contributed by atoms with E-state index in [1.165, 1.54) is 7.11 Å². The van der Waals surface area contributed by atoms with Gasteiger partial charge in [-0.05, 0) is 12.1 Å². The number of carbonyl (C=O) groups excluding carboxylic acids is 1. The Morgan fingerprint density at radius 1 is 1.33 bits per heavy atom. The maximum absolute atomic E-state index is 11.2. The standard InChI is InChI=1S/C12H14N2O4/c1-17-12(16)10(11(14)15)9(7-13)18-8-5-3-2-4-6-8/h2-7,16H,13H2,1H3,(H2,14,15)/b9-7+,12-10?. The highest BCUT2D eigenvalue weighted by Crippen LogP contribution is 2.19. The molecule has 6 heteroatoms. The van der Waals surface area contributed by atoms with Gasteiger partial charge in [-0.15, -0.1) is 0 Å². The number of carbonyl (C=O) groups is 1. The SMILES string of the molecule is COC(O)=C(C(N)=O)/C(=C\N)Oc1ccccc1.